The quantitative estimate of drug-likeness (QED) is 0.880. The number of halogens is 1. The Kier molecular flexibility index (Phi) is 4.68. The van der Waals surface area contributed by atoms with Gasteiger partial charge in [0, 0.05) is 12.1 Å². The maximum atomic E-state index is 13.7. The van der Waals surface area contributed by atoms with Gasteiger partial charge in [-0.2, -0.15) is 5.10 Å². The van der Waals surface area contributed by atoms with Crippen LogP contribution < -0.4 is 10.1 Å². The van der Waals surface area contributed by atoms with Crippen LogP contribution in [0.1, 0.15) is 25.5 Å². The smallest absolute Gasteiger partial charge is 0.165 e. The lowest BCUT2D eigenvalue weighted by Gasteiger charge is -2.20. The molecule has 108 valence electrons. The molecule has 2 aromatic rings. The molecule has 2 atom stereocenters. The van der Waals surface area contributed by atoms with Crippen molar-refractivity contribution in [3.8, 4) is 5.75 Å². The van der Waals surface area contributed by atoms with Crippen molar-refractivity contribution in [1.82, 2.24) is 20.1 Å². The Morgan fingerprint density at radius 1 is 1.40 bits per heavy atom. The van der Waals surface area contributed by atoms with Crippen LogP contribution in [-0.4, -0.2) is 27.9 Å². The number of methoxy groups -OCH3 is 1. The van der Waals surface area contributed by atoms with Crippen LogP contribution in [-0.2, 0) is 6.54 Å². The summed E-state index contributed by atoms with van der Waals surface area (Å²) in [6.45, 7) is 4.76. The topological polar surface area (TPSA) is 52.0 Å². The van der Waals surface area contributed by atoms with Crippen molar-refractivity contribution in [2.24, 2.45) is 0 Å². The maximum Gasteiger partial charge on any atom is 0.165 e. The molecule has 0 saturated heterocycles. The predicted octanol–water partition coefficient (Wildman–Crippen LogP) is 2.17. The van der Waals surface area contributed by atoms with Crippen LogP contribution >= 0.6 is 0 Å². The highest BCUT2D eigenvalue weighted by Crippen LogP contribution is 2.21. The Morgan fingerprint density at radius 3 is 2.80 bits per heavy atom. The first-order valence-electron chi connectivity index (χ1n) is 6.52. The molecule has 0 saturated carbocycles. The van der Waals surface area contributed by atoms with E-state index < -0.39 is 0 Å². The van der Waals surface area contributed by atoms with Crippen molar-refractivity contribution in [2.45, 2.75) is 32.5 Å². The first-order valence-corrected chi connectivity index (χ1v) is 6.52. The molecule has 0 bridgehead atoms. The lowest BCUT2D eigenvalue weighted by Crippen LogP contribution is -2.32. The summed E-state index contributed by atoms with van der Waals surface area (Å²) < 4.78 is 20.4. The molecule has 0 spiro atoms. The zero-order valence-electron chi connectivity index (χ0n) is 11.9. The summed E-state index contributed by atoms with van der Waals surface area (Å²) in [5.41, 5.74) is 0.883. The Labute approximate surface area is 117 Å². The largest absolute Gasteiger partial charge is 0.494 e. The summed E-state index contributed by atoms with van der Waals surface area (Å²) in [4.78, 5) is 3.90. The van der Waals surface area contributed by atoms with Crippen LogP contribution in [0.3, 0.4) is 0 Å². The summed E-state index contributed by atoms with van der Waals surface area (Å²) in [6.07, 6.45) is 3.19. The van der Waals surface area contributed by atoms with Gasteiger partial charge in [0.25, 0.3) is 0 Å². The molecule has 1 aromatic carbocycles. The fourth-order valence-electron chi connectivity index (χ4n) is 2.14. The normalized spacial score (nSPS) is 14.0. The minimum absolute atomic E-state index is 0.0360. The Balaban J connectivity index is 1.97. The fourth-order valence-corrected chi connectivity index (χ4v) is 2.14. The molecular weight excluding hydrogens is 259 g/mol. The molecule has 1 N–H and O–H groups in total. The van der Waals surface area contributed by atoms with E-state index in [9.17, 15) is 4.39 Å². The van der Waals surface area contributed by atoms with Crippen molar-refractivity contribution >= 4 is 0 Å². The summed E-state index contributed by atoms with van der Waals surface area (Å²) in [5.74, 6) is -0.0841. The number of aromatic nitrogens is 3. The van der Waals surface area contributed by atoms with Crippen LogP contribution in [0, 0.1) is 5.82 Å². The average Bonchev–Trinajstić information content (AvgIpc) is 2.91. The van der Waals surface area contributed by atoms with E-state index in [-0.39, 0.29) is 23.7 Å². The highest BCUT2D eigenvalue weighted by atomic mass is 19.1. The fraction of sp³-hybridized carbons (Fsp3) is 0.429. The number of rotatable bonds is 6. The molecule has 0 radical (unpaired) electrons. The molecule has 1 aromatic heterocycles. The lowest BCUT2D eigenvalue weighted by atomic mass is 10.1. The van der Waals surface area contributed by atoms with Gasteiger partial charge in [-0.3, -0.25) is 4.68 Å². The molecule has 2 rings (SSSR count). The summed E-state index contributed by atoms with van der Waals surface area (Å²) in [7, 11) is 1.46. The second-order valence-electron chi connectivity index (χ2n) is 4.80. The molecule has 20 heavy (non-hydrogen) atoms. The van der Waals surface area contributed by atoms with Gasteiger partial charge in [-0.25, -0.2) is 9.37 Å². The molecule has 0 aliphatic rings. The first kappa shape index (κ1) is 14.5. The second kappa shape index (κ2) is 6.47. The van der Waals surface area contributed by atoms with E-state index in [0.717, 1.165) is 5.56 Å². The predicted molar refractivity (Wildman–Crippen MR) is 74.0 cm³/mol. The van der Waals surface area contributed by atoms with Gasteiger partial charge in [-0.1, -0.05) is 6.07 Å². The number of hydrogen-bond acceptors (Lipinski definition) is 4. The molecule has 6 heteroatoms. The molecular formula is C14H19FN4O. The van der Waals surface area contributed by atoms with Gasteiger partial charge in [0.15, 0.2) is 11.6 Å². The molecule has 0 aliphatic heterocycles. The molecule has 0 amide bonds. The van der Waals surface area contributed by atoms with E-state index in [1.807, 2.05) is 13.0 Å². The minimum atomic E-state index is -0.345. The second-order valence-corrected chi connectivity index (χ2v) is 4.80. The zero-order valence-corrected chi connectivity index (χ0v) is 11.9. The van der Waals surface area contributed by atoms with Gasteiger partial charge in [-0.15, -0.1) is 0 Å². The molecule has 1 heterocycles. The van der Waals surface area contributed by atoms with E-state index >= 15 is 0 Å². The van der Waals surface area contributed by atoms with Crippen molar-refractivity contribution < 1.29 is 9.13 Å². The monoisotopic (exact) mass is 278 g/mol. The highest BCUT2D eigenvalue weighted by Gasteiger charge is 2.12. The number of benzene rings is 1. The van der Waals surface area contributed by atoms with E-state index in [2.05, 4.69) is 22.3 Å². The van der Waals surface area contributed by atoms with E-state index in [0.29, 0.717) is 6.54 Å². The van der Waals surface area contributed by atoms with E-state index in [1.54, 1.807) is 17.1 Å². The third kappa shape index (κ3) is 3.54. The van der Waals surface area contributed by atoms with Crippen molar-refractivity contribution in [2.75, 3.05) is 7.11 Å². The lowest BCUT2D eigenvalue weighted by molar-refractivity contribution is 0.383. The van der Waals surface area contributed by atoms with Crippen molar-refractivity contribution in [3.05, 3.63) is 42.2 Å². The van der Waals surface area contributed by atoms with Gasteiger partial charge in [0.1, 0.15) is 12.7 Å². The first-order chi connectivity index (χ1) is 9.60. The Morgan fingerprint density at radius 2 is 2.20 bits per heavy atom. The molecule has 0 fully saturated rings. The van der Waals surface area contributed by atoms with Crippen molar-refractivity contribution in [3.63, 3.8) is 0 Å². The summed E-state index contributed by atoms with van der Waals surface area (Å²) in [6, 6.07) is 5.23. The SMILES string of the molecule is COc1ccc([C@H](C)N[C@H](C)Cn2cncn2)cc1F. The minimum Gasteiger partial charge on any atom is -0.494 e. The molecule has 0 aliphatic carbocycles. The maximum absolute atomic E-state index is 13.7. The van der Waals surface area contributed by atoms with E-state index in [4.69, 9.17) is 4.74 Å². The Bertz CT molecular complexity index is 544. The highest BCUT2D eigenvalue weighted by molar-refractivity contribution is 5.30. The molecule has 0 unspecified atom stereocenters. The van der Waals surface area contributed by atoms with Crippen LogP contribution in [0.15, 0.2) is 30.9 Å². The summed E-state index contributed by atoms with van der Waals surface area (Å²) in [5, 5.41) is 7.47. The van der Waals surface area contributed by atoms with Gasteiger partial charge in [-0.05, 0) is 31.5 Å². The zero-order chi connectivity index (χ0) is 14.5. The van der Waals surface area contributed by atoms with Crippen LogP contribution in [0.4, 0.5) is 4.39 Å². The van der Waals surface area contributed by atoms with Crippen LogP contribution in [0.2, 0.25) is 0 Å². The van der Waals surface area contributed by atoms with Gasteiger partial charge in [0.2, 0.25) is 0 Å². The van der Waals surface area contributed by atoms with Crippen LogP contribution in [0.5, 0.6) is 5.75 Å². The van der Waals surface area contributed by atoms with E-state index in [1.165, 1.54) is 19.5 Å². The van der Waals surface area contributed by atoms with Gasteiger partial charge in [0.05, 0.1) is 13.7 Å². The van der Waals surface area contributed by atoms with Gasteiger partial charge < -0.3 is 10.1 Å². The van der Waals surface area contributed by atoms with Crippen molar-refractivity contribution in [1.29, 1.82) is 0 Å². The summed E-state index contributed by atoms with van der Waals surface area (Å²) >= 11 is 0. The Hall–Kier alpha value is -1.95. The molecule has 5 nitrogen and oxygen atoms in total. The average molecular weight is 278 g/mol. The number of ether oxygens (including phenoxy) is 1. The standard InChI is InChI=1S/C14H19FN4O/c1-10(7-19-9-16-8-17-19)18-11(2)12-4-5-14(20-3)13(15)6-12/h4-6,8-11,18H,7H2,1-3H3/t10-,11+/m1/s1. The third-order valence-electron chi connectivity index (χ3n) is 3.14. The number of hydrogen-bond donors (Lipinski definition) is 1. The number of nitrogens with one attached hydrogen (secondary N) is 1. The van der Waals surface area contributed by atoms with Crippen LogP contribution in [0.25, 0.3) is 0 Å². The van der Waals surface area contributed by atoms with Gasteiger partial charge >= 0.3 is 0 Å². The number of nitrogens with zero attached hydrogens (tertiary/aromatic N) is 3. The third-order valence-corrected chi connectivity index (χ3v) is 3.14.